The van der Waals surface area contributed by atoms with Crippen LogP contribution >= 0.6 is 0 Å². The van der Waals surface area contributed by atoms with Gasteiger partial charge in [0.05, 0.1) is 117 Å². The van der Waals surface area contributed by atoms with E-state index in [0.717, 1.165) is 150 Å². The Morgan fingerprint density at radius 1 is 0.232 bits per heavy atom. The third-order valence-electron chi connectivity index (χ3n) is 16.0. The molecule has 11 nitrogen and oxygen atoms in total. The zero-order chi connectivity index (χ0) is 53.8. The highest BCUT2D eigenvalue weighted by Gasteiger charge is 2.37. The van der Waals surface area contributed by atoms with Gasteiger partial charge in [-0.1, -0.05) is 140 Å². The number of para-hydroxylation sites is 4. The van der Waals surface area contributed by atoms with Crippen molar-refractivity contribution in [3.8, 4) is 67.9 Å². The van der Waals surface area contributed by atoms with Crippen LogP contribution in [0.15, 0.2) is 262 Å². The summed E-state index contributed by atoms with van der Waals surface area (Å²) in [6, 6.07) is 80.3. The Balaban J connectivity index is 1.26. The van der Waals surface area contributed by atoms with Crippen molar-refractivity contribution in [2.75, 3.05) is 0 Å². The molecule has 0 unspecified atom stereocenters. The van der Waals surface area contributed by atoms with Gasteiger partial charge in [0.2, 0.25) is 0 Å². The van der Waals surface area contributed by atoms with E-state index in [0.29, 0.717) is 5.82 Å². The zero-order valence-electron chi connectivity index (χ0n) is 43.7. The minimum absolute atomic E-state index is 0.489. The fourth-order valence-electron chi connectivity index (χ4n) is 12.7. The first-order chi connectivity index (χ1) is 40.8. The van der Waals surface area contributed by atoms with E-state index in [9.17, 15) is 0 Å². The van der Waals surface area contributed by atoms with Gasteiger partial charge in [-0.2, -0.15) is 0 Å². The first-order valence-corrected chi connectivity index (χ1v) is 27.3. The maximum atomic E-state index is 5.91. The van der Waals surface area contributed by atoms with Crippen molar-refractivity contribution in [1.29, 1.82) is 0 Å². The van der Waals surface area contributed by atoms with E-state index in [2.05, 4.69) is 206 Å². The van der Waals surface area contributed by atoms with E-state index < -0.39 is 0 Å². The van der Waals surface area contributed by atoms with Crippen molar-refractivity contribution < 1.29 is 0 Å². The molecule has 0 aliphatic heterocycles. The predicted molar refractivity (Wildman–Crippen MR) is 330 cm³/mol. The third kappa shape index (κ3) is 6.67. The van der Waals surface area contributed by atoms with Crippen molar-refractivity contribution in [2.24, 2.45) is 0 Å². The lowest BCUT2D eigenvalue weighted by atomic mass is 9.94. The minimum Gasteiger partial charge on any atom is -0.306 e. The van der Waals surface area contributed by atoms with Crippen molar-refractivity contribution in [3.63, 3.8) is 0 Å². The van der Waals surface area contributed by atoms with Crippen LogP contribution in [-0.2, 0) is 0 Å². The lowest BCUT2D eigenvalue weighted by molar-refractivity contribution is 1.03. The van der Waals surface area contributed by atoms with Gasteiger partial charge in [-0.3, -0.25) is 24.9 Å². The summed E-state index contributed by atoms with van der Waals surface area (Å²) >= 11 is 0. The number of fused-ring (bicyclic) bond motifs is 12. The number of hydrogen-bond acceptors (Lipinski definition) is 7. The van der Waals surface area contributed by atoms with Crippen molar-refractivity contribution in [1.82, 2.24) is 53.2 Å². The summed E-state index contributed by atoms with van der Waals surface area (Å²) in [5.74, 6) is 0.489. The fraction of sp³-hybridized carbons (Fsp3) is 0. The number of hydrogen-bond donors (Lipinski definition) is 0. The molecule has 82 heavy (non-hydrogen) atoms. The Morgan fingerprint density at radius 3 is 0.963 bits per heavy atom. The summed E-state index contributed by atoms with van der Waals surface area (Å²) in [4.78, 5) is 38.1. The quantitative estimate of drug-likeness (QED) is 0.149. The molecule has 0 saturated carbocycles. The highest BCUT2D eigenvalue weighted by Crippen LogP contribution is 2.54. The molecule has 382 valence electrons. The van der Waals surface area contributed by atoms with Crippen LogP contribution in [0.5, 0.6) is 0 Å². The number of benzene rings is 7. The highest BCUT2D eigenvalue weighted by atomic mass is 15.1. The molecule has 0 fully saturated rings. The smallest absolute Gasteiger partial charge is 0.164 e. The molecule has 0 aliphatic rings. The third-order valence-corrected chi connectivity index (χ3v) is 16.0. The molecule has 17 aromatic rings. The Labute approximate surface area is 468 Å². The maximum Gasteiger partial charge on any atom is 0.164 e. The lowest BCUT2D eigenvalue weighted by Gasteiger charge is -2.30. The largest absolute Gasteiger partial charge is 0.306 e. The second kappa shape index (κ2) is 18.1. The maximum absolute atomic E-state index is 5.91. The van der Waals surface area contributed by atoms with Crippen molar-refractivity contribution >= 4 is 87.7 Å². The number of rotatable bonds is 8. The molecule has 0 N–H and O–H groups in total. The molecule has 0 spiro atoms. The second-order valence-electron chi connectivity index (χ2n) is 20.4. The summed E-state index contributed by atoms with van der Waals surface area (Å²) in [6.07, 6.45) is 9.42. The summed E-state index contributed by atoms with van der Waals surface area (Å²) in [7, 11) is 0. The van der Waals surface area contributed by atoms with Gasteiger partial charge in [-0.25, -0.2) is 9.97 Å². The standard InChI is InChI=1S/C71H43N11/c1-3-21-44(22-4-1)51-43-52(45-23-5-2-6-24-45)78-71(77-51)62-67(79-53-30-11-7-25-46(53)63-57(79)34-17-39-73-63)61(50-29-15-16-38-72-50)68(80-54-31-12-8-26-47(54)64-58(80)35-18-40-74-64)70(82-56-33-14-10-28-49(56)66-60(82)37-20-42-76-66)69(62)81-55-32-13-9-27-48(55)65-59(81)36-19-41-75-65/h1-43H. The van der Waals surface area contributed by atoms with Crippen LogP contribution < -0.4 is 0 Å². The van der Waals surface area contributed by atoms with Gasteiger partial charge >= 0.3 is 0 Å². The molecule has 10 aromatic heterocycles. The summed E-state index contributed by atoms with van der Waals surface area (Å²) < 4.78 is 9.63. The molecular weight excluding hydrogens is 1010 g/mol. The van der Waals surface area contributed by atoms with Crippen LogP contribution in [0.3, 0.4) is 0 Å². The van der Waals surface area contributed by atoms with Crippen LogP contribution in [0, 0.1) is 0 Å². The predicted octanol–water partition coefficient (Wildman–Crippen LogP) is 16.5. The van der Waals surface area contributed by atoms with Crippen LogP contribution in [0.4, 0.5) is 0 Å². The molecule has 10 heterocycles. The molecule has 0 aliphatic carbocycles. The molecular formula is C71H43N11. The molecule has 0 saturated heterocycles. The molecule has 0 bridgehead atoms. The van der Waals surface area contributed by atoms with Crippen LogP contribution in [0.25, 0.3) is 156 Å². The molecule has 11 heteroatoms. The van der Waals surface area contributed by atoms with Gasteiger partial charge < -0.3 is 18.3 Å². The number of pyridine rings is 5. The Hall–Kier alpha value is -11.4. The Morgan fingerprint density at radius 2 is 0.561 bits per heavy atom. The topological polar surface area (TPSA) is 110 Å². The van der Waals surface area contributed by atoms with E-state index in [1.54, 1.807) is 0 Å². The van der Waals surface area contributed by atoms with E-state index in [1.807, 2.05) is 73.4 Å². The van der Waals surface area contributed by atoms with E-state index in [4.69, 9.17) is 34.9 Å². The van der Waals surface area contributed by atoms with Gasteiger partial charge in [0, 0.05) is 63.7 Å². The normalized spacial score (nSPS) is 11.9. The second-order valence-corrected chi connectivity index (χ2v) is 20.4. The monoisotopic (exact) mass is 1050 g/mol. The lowest BCUT2D eigenvalue weighted by Crippen LogP contribution is -2.17. The Bertz CT molecular complexity index is 5140. The number of aromatic nitrogens is 11. The molecule has 0 radical (unpaired) electrons. The fourth-order valence-corrected chi connectivity index (χ4v) is 12.7. The zero-order valence-corrected chi connectivity index (χ0v) is 43.7. The van der Waals surface area contributed by atoms with Gasteiger partial charge in [0.1, 0.15) is 0 Å². The Kier molecular flexibility index (Phi) is 10.0. The molecule has 0 atom stereocenters. The SMILES string of the molecule is c1ccc(-c2cc(-c3ccccc3)nc(-c3c(-n4c5ccccc5c5ncccc54)c(-c4ccccn4)c(-n4c5ccccc5c5ncccc54)c(-n4c5ccccc5c5ncccc54)c3-n3c4ccccc4c4ncccc43)n2)cc1. The van der Waals surface area contributed by atoms with Crippen LogP contribution in [0.2, 0.25) is 0 Å². The van der Waals surface area contributed by atoms with Crippen LogP contribution in [-0.4, -0.2) is 53.2 Å². The average Bonchev–Trinajstić information content (AvgIpc) is 2.09. The highest BCUT2D eigenvalue weighted by molar-refractivity contribution is 6.17. The van der Waals surface area contributed by atoms with Crippen molar-refractivity contribution in [3.05, 3.63) is 262 Å². The van der Waals surface area contributed by atoms with Crippen molar-refractivity contribution in [2.45, 2.75) is 0 Å². The minimum atomic E-state index is 0.489. The summed E-state index contributed by atoms with van der Waals surface area (Å²) in [6.45, 7) is 0. The number of nitrogens with zero attached hydrogens (tertiary/aromatic N) is 11. The molecule has 17 rings (SSSR count). The van der Waals surface area contributed by atoms with E-state index in [1.165, 1.54) is 0 Å². The van der Waals surface area contributed by atoms with Gasteiger partial charge in [0.15, 0.2) is 5.82 Å². The molecule has 0 amide bonds. The average molecular weight is 1050 g/mol. The first kappa shape index (κ1) is 45.6. The van der Waals surface area contributed by atoms with Crippen LogP contribution in [0.1, 0.15) is 0 Å². The summed E-state index contributed by atoms with van der Waals surface area (Å²) in [5, 5.41) is 3.97. The van der Waals surface area contributed by atoms with Gasteiger partial charge in [-0.15, -0.1) is 0 Å². The molecule has 7 aromatic carbocycles. The van der Waals surface area contributed by atoms with Gasteiger partial charge in [-0.05, 0) is 91.0 Å². The summed E-state index contributed by atoms with van der Waals surface area (Å²) in [5.41, 5.74) is 19.7. The first-order valence-electron chi connectivity index (χ1n) is 27.3. The van der Waals surface area contributed by atoms with E-state index >= 15 is 0 Å². The van der Waals surface area contributed by atoms with E-state index in [-0.39, 0.29) is 0 Å². The van der Waals surface area contributed by atoms with Gasteiger partial charge in [0.25, 0.3) is 0 Å².